The van der Waals surface area contributed by atoms with Gasteiger partial charge in [0.25, 0.3) is 0 Å². The summed E-state index contributed by atoms with van der Waals surface area (Å²) in [6, 6.07) is 17.5. The second-order valence-corrected chi connectivity index (χ2v) is 5.88. The molecule has 0 aliphatic rings. The van der Waals surface area contributed by atoms with Gasteiger partial charge in [0.2, 0.25) is 5.82 Å². The van der Waals surface area contributed by atoms with E-state index in [2.05, 4.69) is 33.6 Å². The van der Waals surface area contributed by atoms with Crippen LogP contribution in [0.15, 0.2) is 54.6 Å². The van der Waals surface area contributed by atoms with Crippen LogP contribution in [0.2, 0.25) is 0 Å². The number of aryl methyl sites for hydroxylation is 2. The highest BCUT2D eigenvalue weighted by Crippen LogP contribution is 2.18. The molecular weight excluding hydrogens is 316 g/mol. The van der Waals surface area contributed by atoms with Crippen molar-refractivity contribution >= 4 is 5.97 Å². The molecule has 0 spiro atoms. The van der Waals surface area contributed by atoms with E-state index in [0.29, 0.717) is 12.2 Å². The average Bonchev–Trinajstić information content (AvgIpc) is 3.11. The van der Waals surface area contributed by atoms with Crippen molar-refractivity contribution in [2.24, 2.45) is 0 Å². The van der Waals surface area contributed by atoms with Crippen molar-refractivity contribution in [1.82, 2.24) is 20.2 Å². The summed E-state index contributed by atoms with van der Waals surface area (Å²) in [5, 5.41) is 21.4. The molecule has 0 amide bonds. The second-order valence-electron chi connectivity index (χ2n) is 5.88. The SMILES string of the molecule is CCC(C(=O)O)n1nnc(-c2cccc(CCc3ccccc3)c2)n1. The summed E-state index contributed by atoms with van der Waals surface area (Å²) in [7, 11) is 0. The van der Waals surface area contributed by atoms with E-state index in [0.717, 1.165) is 18.4 Å². The molecular formula is C19H20N4O2. The first-order chi connectivity index (χ1) is 12.2. The third kappa shape index (κ3) is 4.09. The molecule has 0 saturated carbocycles. The van der Waals surface area contributed by atoms with E-state index in [9.17, 15) is 9.90 Å². The highest BCUT2D eigenvalue weighted by atomic mass is 16.4. The van der Waals surface area contributed by atoms with Crippen LogP contribution in [0.1, 0.15) is 30.5 Å². The zero-order chi connectivity index (χ0) is 17.6. The van der Waals surface area contributed by atoms with Crippen LogP contribution in [0.25, 0.3) is 11.4 Å². The van der Waals surface area contributed by atoms with Crippen molar-refractivity contribution in [2.45, 2.75) is 32.2 Å². The lowest BCUT2D eigenvalue weighted by atomic mass is 10.0. The van der Waals surface area contributed by atoms with Crippen LogP contribution in [0, 0.1) is 0 Å². The van der Waals surface area contributed by atoms with E-state index in [1.54, 1.807) is 6.92 Å². The second kappa shape index (κ2) is 7.70. The number of rotatable bonds is 7. The topological polar surface area (TPSA) is 80.9 Å². The van der Waals surface area contributed by atoms with Crippen LogP contribution in [0.5, 0.6) is 0 Å². The van der Waals surface area contributed by atoms with Gasteiger partial charge in [-0.2, -0.15) is 0 Å². The first kappa shape index (κ1) is 16.8. The van der Waals surface area contributed by atoms with Crippen LogP contribution >= 0.6 is 0 Å². The Morgan fingerprint density at radius 3 is 2.52 bits per heavy atom. The fourth-order valence-corrected chi connectivity index (χ4v) is 2.71. The molecule has 1 heterocycles. The maximum atomic E-state index is 11.2. The Hall–Kier alpha value is -3.02. The third-order valence-electron chi connectivity index (χ3n) is 4.11. The first-order valence-electron chi connectivity index (χ1n) is 8.33. The van der Waals surface area contributed by atoms with Crippen molar-refractivity contribution in [3.63, 3.8) is 0 Å². The van der Waals surface area contributed by atoms with Gasteiger partial charge in [-0.25, -0.2) is 4.79 Å². The smallest absolute Gasteiger partial charge is 0.330 e. The van der Waals surface area contributed by atoms with Gasteiger partial charge >= 0.3 is 5.97 Å². The molecule has 0 aliphatic carbocycles. The number of hydrogen-bond acceptors (Lipinski definition) is 4. The highest BCUT2D eigenvalue weighted by Gasteiger charge is 2.20. The number of tetrazole rings is 1. The van der Waals surface area contributed by atoms with Crippen LogP contribution in [0.3, 0.4) is 0 Å². The van der Waals surface area contributed by atoms with Gasteiger partial charge in [-0.1, -0.05) is 55.5 Å². The van der Waals surface area contributed by atoms with Gasteiger partial charge in [0.15, 0.2) is 6.04 Å². The zero-order valence-corrected chi connectivity index (χ0v) is 14.0. The summed E-state index contributed by atoms with van der Waals surface area (Å²) < 4.78 is 0. The Morgan fingerprint density at radius 1 is 1.08 bits per heavy atom. The van der Waals surface area contributed by atoms with E-state index < -0.39 is 12.0 Å². The Labute approximate surface area is 146 Å². The van der Waals surface area contributed by atoms with Crippen molar-refractivity contribution in [1.29, 1.82) is 0 Å². The zero-order valence-electron chi connectivity index (χ0n) is 14.0. The molecule has 3 aromatic rings. The predicted molar refractivity (Wildman–Crippen MR) is 94.1 cm³/mol. The van der Waals surface area contributed by atoms with Gasteiger partial charge in [-0.05, 0) is 41.7 Å². The number of nitrogens with zero attached hydrogens (tertiary/aromatic N) is 4. The maximum Gasteiger partial charge on any atom is 0.330 e. The van der Waals surface area contributed by atoms with Crippen LogP contribution in [-0.2, 0) is 17.6 Å². The van der Waals surface area contributed by atoms with E-state index in [4.69, 9.17) is 0 Å². The number of hydrogen-bond donors (Lipinski definition) is 1. The van der Waals surface area contributed by atoms with Crippen LogP contribution in [-0.4, -0.2) is 31.3 Å². The Morgan fingerprint density at radius 2 is 1.80 bits per heavy atom. The van der Waals surface area contributed by atoms with Crippen LogP contribution < -0.4 is 0 Å². The van der Waals surface area contributed by atoms with E-state index >= 15 is 0 Å². The van der Waals surface area contributed by atoms with Crippen LogP contribution in [0.4, 0.5) is 0 Å². The summed E-state index contributed by atoms with van der Waals surface area (Å²) in [6.45, 7) is 1.78. The van der Waals surface area contributed by atoms with Crippen molar-refractivity contribution in [3.05, 3.63) is 65.7 Å². The summed E-state index contributed by atoms with van der Waals surface area (Å²) in [5.41, 5.74) is 3.32. The molecule has 2 aromatic carbocycles. The molecule has 6 heteroatoms. The number of carboxylic acid groups (broad SMARTS) is 1. The lowest BCUT2D eigenvalue weighted by Crippen LogP contribution is -2.20. The normalized spacial score (nSPS) is 12.0. The highest BCUT2D eigenvalue weighted by molar-refractivity contribution is 5.71. The fraction of sp³-hybridized carbons (Fsp3) is 0.263. The Kier molecular flexibility index (Phi) is 5.18. The van der Waals surface area contributed by atoms with Gasteiger partial charge < -0.3 is 5.11 Å². The molecule has 0 saturated heterocycles. The number of aliphatic carboxylic acids is 1. The van der Waals surface area contributed by atoms with Gasteiger partial charge in [-0.3, -0.25) is 0 Å². The van der Waals surface area contributed by atoms with Crippen molar-refractivity contribution in [2.75, 3.05) is 0 Å². The Balaban J connectivity index is 1.75. The fourth-order valence-electron chi connectivity index (χ4n) is 2.71. The standard InChI is InChI=1S/C19H20N4O2/c1-2-17(19(24)25)23-21-18(20-22-23)16-10-6-9-15(13-16)12-11-14-7-4-3-5-8-14/h3-10,13,17H,2,11-12H2,1H3,(H,24,25). The molecule has 0 radical (unpaired) electrons. The van der Waals surface area contributed by atoms with Crippen molar-refractivity contribution < 1.29 is 9.90 Å². The molecule has 3 rings (SSSR count). The van der Waals surface area contributed by atoms with Gasteiger partial charge in [0.05, 0.1) is 0 Å². The minimum Gasteiger partial charge on any atom is -0.480 e. The summed E-state index contributed by atoms with van der Waals surface area (Å²) in [4.78, 5) is 12.4. The average molecular weight is 336 g/mol. The predicted octanol–water partition coefficient (Wildman–Crippen LogP) is 3.16. The molecule has 0 aliphatic heterocycles. The minimum atomic E-state index is -0.955. The number of carbonyl (C=O) groups is 1. The van der Waals surface area contributed by atoms with Crippen molar-refractivity contribution in [3.8, 4) is 11.4 Å². The molecule has 128 valence electrons. The molecule has 1 N–H and O–H groups in total. The van der Waals surface area contributed by atoms with E-state index in [1.165, 1.54) is 15.9 Å². The van der Waals surface area contributed by atoms with E-state index in [-0.39, 0.29) is 0 Å². The van der Waals surface area contributed by atoms with Gasteiger partial charge in [0.1, 0.15) is 0 Å². The summed E-state index contributed by atoms with van der Waals surface area (Å²) in [5.74, 6) is -0.510. The molecule has 25 heavy (non-hydrogen) atoms. The molecule has 1 atom stereocenters. The summed E-state index contributed by atoms with van der Waals surface area (Å²) >= 11 is 0. The Bertz CT molecular complexity index is 845. The molecule has 1 unspecified atom stereocenters. The van der Waals surface area contributed by atoms with Gasteiger partial charge in [0, 0.05) is 5.56 Å². The quantitative estimate of drug-likeness (QED) is 0.717. The molecule has 0 fully saturated rings. The number of benzene rings is 2. The largest absolute Gasteiger partial charge is 0.480 e. The summed E-state index contributed by atoms with van der Waals surface area (Å²) in [6.07, 6.45) is 2.28. The van der Waals surface area contributed by atoms with E-state index in [1.807, 2.05) is 36.4 Å². The third-order valence-corrected chi connectivity index (χ3v) is 4.11. The number of aromatic nitrogens is 4. The minimum absolute atomic E-state index is 0.405. The molecule has 6 nitrogen and oxygen atoms in total. The maximum absolute atomic E-state index is 11.2. The number of carboxylic acids is 1. The lowest BCUT2D eigenvalue weighted by molar-refractivity contribution is -0.141. The molecule has 1 aromatic heterocycles. The molecule has 0 bridgehead atoms. The monoisotopic (exact) mass is 336 g/mol. The lowest BCUT2D eigenvalue weighted by Gasteiger charge is -2.06. The first-order valence-corrected chi connectivity index (χ1v) is 8.33. The van der Waals surface area contributed by atoms with Gasteiger partial charge in [-0.15, -0.1) is 15.0 Å².